The van der Waals surface area contributed by atoms with Gasteiger partial charge in [0.2, 0.25) is 10.0 Å². The van der Waals surface area contributed by atoms with Crippen molar-refractivity contribution >= 4 is 22.0 Å². The highest BCUT2D eigenvalue weighted by Crippen LogP contribution is 2.15. The number of hydrogen-bond acceptors (Lipinski definition) is 6. The van der Waals surface area contributed by atoms with Gasteiger partial charge in [-0.2, -0.15) is 0 Å². The summed E-state index contributed by atoms with van der Waals surface area (Å²) in [5.74, 6) is -1.21. The first-order chi connectivity index (χ1) is 12.3. The molecule has 0 unspecified atom stereocenters. The van der Waals surface area contributed by atoms with Crippen LogP contribution in [-0.4, -0.2) is 52.0 Å². The Kier molecular flexibility index (Phi) is 6.48. The number of ether oxygens (including phenoxy) is 2. The van der Waals surface area contributed by atoms with Gasteiger partial charge in [0.05, 0.1) is 16.0 Å². The van der Waals surface area contributed by atoms with Crippen molar-refractivity contribution < 1.29 is 27.5 Å². The smallest absolute Gasteiger partial charge is 0.338 e. The molecule has 138 valence electrons. The van der Waals surface area contributed by atoms with E-state index in [-0.39, 0.29) is 23.7 Å². The van der Waals surface area contributed by atoms with Crippen molar-refractivity contribution in [2.45, 2.75) is 4.90 Å². The zero-order chi connectivity index (χ0) is 19.2. The molecule has 0 saturated heterocycles. The SMILES string of the molecule is CN(C)S(=O)(=O)c1cccc(C(=O)OCCOC(=O)c2ccccc2)c1. The molecule has 0 atom stereocenters. The van der Waals surface area contributed by atoms with E-state index in [1.54, 1.807) is 30.3 Å². The molecule has 0 aliphatic heterocycles. The van der Waals surface area contributed by atoms with E-state index >= 15 is 0 Å². The van der Waals surface area contributed by atoms with Gasteiger partial charge in [-0.3, -0.25) is 0 Å². The fourth-order valence-electron chi connectivity index (χ4n) is 2.00. The minimum absolute atomic E-state index is 0.00699. The van der Waals surface area contributed by atoms with Gasteiger partial charge in [-0.05, 0) is 30.3 Å². The lowest BCUT2D eigenvalue weighted by Crippen LogP contribution is -2.22. The van der Waals surface area contributed by atoms with Crippen LogP contribution in [0.15, 0.2) is 59.5 Å². The molecular formula is C18H19NO6S. The maximum absolute atomic E-state index is 12.1. The van der Waals surface area contributed by atoms with Crippen LogP contribution in [-0.2, 0) is 19.5 Å². The van der Waals surface area contributed by atoms with Crippen molar-refractivity contribution in [3.05, 3.63) is 65.7 Å². The number of carbonyl (C=O) groups excluding carboxylic acids is 2. The Bertz CT molecular complexity index is 878. The molecule has 2 aromatic carbocycles. The molecule has 0 spiro atoms. The zero-order valence-electron chi connectivity index (χ0n) is 14.4. The summed E-state index contributed by atoms with van der Waals surface area (Å²) in [6.45, 7) is -0.239. The average Bonchev–Trinajstić information content (AvgIpc) is 2.65. The Morgan fingerprint density at radius 1 is 0.846 bits per heavy atom. The number of rotatable bonds is 7. The zero-order valence-corrected chi connectivity index (χ0v) is 15.2. The average molecular weight is 377 g/mol. The van der Waals surface area contributed by atoms with Crippen molar-refractivity contribution in [1.29, 1.82) is 0 Å². The molecule has 0 heterocycles. The van der Waals surface area contributed by atoms with Crippen LogP contribution >= 0.6 is 0 Å². The monoisotopic (exact) mass is 377 g/mol. The summed E-state index contributed by atoms with van der Waals surface area (Å²) in [7, 11) is -0.835. The summed E-state index contributed by atoms with van der Waals surface area (Å²) in [6, 6.07) is 14.0. The van der Waals surface area contributed by atoms with Gasteiger partial charge >= 0.3 is 11.9 Å². The third-order valence-corrected chi connectivity index (χ3v) is 5.22. The molecule has 0 radical (unpaired) electrons. The highest BCUT2D eigenvalue weighted by atomic mass is 32.2. The van der Waals surface area contributed by atoms with Crippen molar-refractivity contribution in [3.63, 3.8) is 0 Å². The van der Waals surface area contributed by atoms with E-state index in [0.717, 1.165) is 4.31 Å². The van der Waals surface area contributed by atoms with E-state index in [9.17, 15) is 18.0 Å². The minimum atomic E-state index is -3.64. The van der Waals surface area contributed by atoms with Crippen LogP contribution in [0.2, 0.25) is 0 Å². The number of carbonyl (C=O) groups is 2. The summed E-state index contributed by atoms with van der Waals surface area (Å²) < 4.78 is 35.3. The van der Waals surface area contributed by atoms with Crippen LogP contribution in [0.1, 0.15) is 20.7 Å². The van der Waals surface area contributed by atoms with Gasteiger partial charge in [0.15, 0.2) is 0 Å². The molecule has 0 fully saturated rings. The lowest BCUT2D eigenvalue weighted by molar-refractivity contribution is 0.0265. The first-order valence-electron chi connectivity index (χ1n) is 7.74. The van der Waals surface area contributed by atoms with E-state index in [1.165, 1.54) is 38.4 Å². The summed E-state index contributed by atoms with van der Waals surface area (Å²) >= 11 is 0. The fourth-order valence-corrected chi connectivity index (χ4v) is 2.95. The lowest BCUT2D eigenvalue weighted by atomic mass is 10.2. The second-order valence-electron chi connectivity index (χ2n) is 5.45. The van der Waals surface area contributed by atoms with Crippen LogP contribution in [0.4, 0.5) is 0 Å². The molecule has 0 bridgehead atoms. The molecule has 2 aromatic rings. The van der Waals surface area contributed by atoms with Crippen molar-refractivity contribution in [2.24, 2.45) is 0 Å². The van der Waals surface area contributed by atoms with E-state index in [2.05, 4.69) is 0 Å². The van der Waals surface area contributed by atoms with Crippen molar-refractivity contribution in [2.75, 3.05) is 27.3 Å². The number of hydrogen-bond donors (Lipinski definition) is 0. The van der Waals surface area contributed by atoms with Gasteiger partial charge in [-0.25, -0.2) is 22.3 Å². The van der Waals surface area contributed by atoms with Gasteiger partial charge in [-0.15, -0.1) is 0 Å². The highest BCUT2D eigenvalue weighted by Gasteiger charge is 2.19. The van der Waals surface area contributed by atoms with Crippen LogP contribution < -0.4 is 0 Å². The molecular weight excluding hydrogens is 358 g/mol. The van der Waals surface area contributed by atoms with E-state index < -0.39 is 22.0 Å². The predicted octanol–water partition coefficient (Wildman–Crippen LogP) is 1.95. The van der Waals surface area contributed by atoms with E-state index in [4.69, 9.17) is 9.47 Å². The van der Waals surface area contributed by atoms with Crippen LogP contribution in [0, 0.1) is 0 Å². The molecule has 7 nitrogen and oxygen atoms in total. The second kappa shape index (κ2) is 8.59. The number of benzene rings is 2. The molecule has 0 aromatic heterocycles. The first kappa shape index (κ1) is 19.6. The Labute approximate surface area is 152 Å². The van der Waals surface area contributed by atoms with Crippen molar-refractivity contribution in [3.8, 4) is 0 Å². The molecule has 0 amide bonds. The van der Waals surface area contributed by atoms with Crippen LogP contribution in [0.25, 0.3) is 0 Å². The fraction of sp³-hybridized carbons (Fsp3) is 0.222. The van der Waals surface area contributed by atoms with E-state index in [1.807, 2.05) is 0 Å². The Hall–Kier alpha value is -2.71. The molecule has 0 aliphatic rings. The maximum Gasteiger partial charge on any atom is 0.338 e. The maximum atomic E-state index is 12.1. The second-order valence-corrected chi connectivity index (χ2v) is 7.60. The van der Waals surface area contributed by atoms with Gasteiger partial charge in [-0.1, -0.05) is 24.3 Å². The Balaban J connectivity index is 1.90. The standard InChI is InChI=1S/C18H19NO6S/c1-19(2)26(22,23)16-10-6-9-15(13-16)18(21)25-12-11-24-17(20)14-7-4-3-5-8-14/h3-10,13H,11-12H2,1-2H3. The molecule has 26 heavy (non-hydrogen) atoms. The quantitative estimate of drug-likeness (QED) is 0.541. The van der Waals surface area contributed by atoms with Crippen molar-refractivity contribution in [1.82, 2.24) is 4.31 Å². The molecule has 8 heteroatoms. The van der Waals surface area contributed by atoms with Gasteiger partial charge in [0.1, 0.15) is 13.2 Å². The van der Waals surface area contributed by atoms with Gasteiger partial charge in [0.25, 0.3) is 0 Å². The third kappa shape index (κ3) is 4.90. The largest absolute Gasteiger partial charge is 0.458 e. The summed E-state index contributed by atoms with van der Waals surface area (Å²) in [4.78, 5) is 23.8. The van der Waals surface area contributed by atoms with Crippen LogP contribution in [0.5, 0.6) is 0 Å². The lowest BCUT2D eigenvalue weighted by Gasteiger charge is -2.12. The molecule has 2 rings (SSSR count). The number of nitrogens with zero attached hydrogens (tertiary/aromatic N) is 1. The highest BCUT2D eigenvalue weighted by molar-refractivity contribution is 7.89. The topological polar surface area (TPSA) is 90.0 Å². The third-order valence-electron chi connectivity index (χ3n) is 3.41. The van der Waals surface area contributed by atoms with Gasteiger partial charge < -0.3 is 9.47 Å². The number of esters is 2. The minimum Gasteiger partial charge on any atom is -0.458 e. The van der Waals surface area contributed by atoms with Crippen LogP contribution in [0.3, 0.4) is 0 Å². The Morgan fingerprint density at radius 2 is 1.38 bits per heavy atom. The summed E-state index contributed by atoms with van der Waals surface area (Å²) in [6.07, 6.45) is 0. The predicted molar refractivity (Wildman–Crippen MR) is 94.3 cm³/mol. The Morgan fingerprint density at radius 3 is 1.96 bits per heavy atom. The number of sulfonamides is 1. The molecule has 0 saturated carbocycles. The van der Waals surface area contributed by atoms with E-state index in [0.29, 0.717) is 5.56 Å². The molecule has 0 aliphatic carbocycles. The summed E-state index contributed by atoms with van der Waals surface area (Å²) in [5.41, 5.74) is 0.503. The van der Waals surface area contributed by atoms with Gasteiger partial charge in [0, 0.05) is 14.1 Å². The first-order valence-corrected chi connectivity index (χ1v) is 9.18. The summed E-state index contributed by atoms with van der Waals surface area (Å²) in [5, 5.41) is 0. The molecule has 0 N–H and O–H groups in total. The normalized spacial score (nSPS) is 11.2.